The molecule has 0 heterocycles. The first-order chi connectivity index (χ1) is 9.11. The van der Waals surface area contributed by atoms with E-state index in [2.05, 4.69) is 0 Å². The lowest BCUT2D eigenvalue weighted by Gasteiger charge is -2.25. The van der Waals surface area contributed by atoms with E-state index < -0.39 is 12.0 Å². The number of fused-ring (bicyclic) bond motifs is 2. The average Bonchev–Trinajstić information content (AvgIpc) is 2.39. The van der Waals surface area contributed by atoms with Crippen molar-refractivity contribution >= 4 is 23.1 Å². The van der Waals surface area contributed by atoms with Crippen LogP contribution in [0.3, 0.4) is 0 Å². The first kappa shape index (κ1) is 11.9. The molecule has 3 nitrogen and oxygen atoms in total. The van der Waals surface area contributed by atoms with Crippen LogP contribution in [0.25, 0.3) is 16.8 Å². The van der Waals surface area contributed by atoms with Gasteiger partial charge in [-0.1, -0.05) is 18.2 Å². The van der Waals surface area contributed by atoms with Crippen LogP contribution in [0.2, 0.25) is 0 Å². The molecule has 2 aromatic rings. The molecule has 0 fully saturated rings. The zero-order valence-corrected chi connectivity index (χ0v) is 10.5. The maximum absolute atomic E-state index is 10.9. The number of carbonyl (C=O) groups excluding carboxylic acids is 1. The van der Waals surface area contributed by atoms with E-state index in [0.717, 1.165) is 21.9 Å². The number of benzene rings is 2. The highest BCUT2D eigenvalue weighted by Crippen LogP contribution is 2.37. The quantitative estimate of drug-likeness (QED) is 0.769. The van der Waals surface area contributed by atoms with Crippen LogP contribution < -0.4 is 0 Å². The van der Waals surface area contributed by atoms with E-state index in [4.69, 9.17) is 0 Å². The zero-order chi connectivity index (χ0) is 13.6. The smallest absolute Gasteiger partial charge is 0.133 e. The molecule has 19 heavy (non-hydrogen) atoms. The first-order valence-corrected chi connectivity index (χ1v) is 6.19. The predicted molar refractivity (Wildman–Crippen MR) is 73.8 cm³/mol. The molecule has 0 aromatic heterocycles. The Hall–Kier alpha value is -2.13. The van der Waals surface area contributed by atoms with Gasteiger partial charge in [0.1, 0.15) is 18.0 Å². The number of aryl methyl sites for hydroxylation is 1. The summed E-state index contributed by atoms with van der Waals surface area (Å²) in [6, 6.07) is 9.79. The molecule has 0 saturated carbocycles. The van der Waals surface area contributed by atoms with Gasteiger partial charge < -0.3 is 15.0 Å². The second-order valence-corrected chi connectivity index (χ2v) is 4.95. The summed E-state index contributed by atoms with van der Waals surface area (Å²) in [6.45, 7) is 2.02. The Morgan fingerprint density at radius 2 is 2.05 bits per heavy atom. The molecule has 96 valence electrons. The van der Waals surface area contributed by atoms with E-state index >= 15 is 0 Å². The van der Waals surface area contributed by atoms with Gasteiger partial charge in [0, 0.05) is 0 Å². The van der Waals surface area contributed by atoms with Crippen molar-refractivity contribution in [2.24, 2.45) is 5.92 Å². The van der Waals surface area contributed by atoms with Gasteiger partial charge in [-0.15, -0.1) is 0 Å². The van der Waals surface area contributed by atoms with Gasteiger partial charge in [-0.05, 0) is 52.6 Å². The Morgan fingerprint density at radius 1 is 1.26 bits per heavy atom. The Kier molecular flexibility index (Phi) is 2.64. The summed E-state index contributed by atoms with van der Waals surface area (Å²) >= 11 is 0. The minimum Gasteiger partial charge on any atom is -0.511 e. The standard InChI is InChI=1S/C16H14O3/c1-9-3-2-4-10-5-13-11(6-12(9)10)7-15(18)14(8-17)16(13)19/h2-8,14,16,18-19H,1H3. The molecule has 0 saturated heterocycles. The molecule has 0 bridgehead atoms. The molecule has 0 radical (unpaired) electrons. The number of aldehydes is 1. The molecular weight excluding hydrogens is 240 g/mol. The molecule has 3 heteroatoms. The SMILES string of the molecule is Cc1cccc2cc3c(cc12)C=C(O)C(C=O)C3O. The van der Waals surface area contributed by atoms with Crippen LogP contribution in [0, 0.1) is 12.8 Å². The van der Waals surface area contributed by atoms with Gasteiger partial charge in [-0.3, -0.25) is 0 Å². The van der Waals surface area contributed by atoms with E-state index in [1.165, 1.54) is 0 Å². The maximum Gasteiger partial charge on any atom is 0.133 e. The second kappa shape index (κ2) is 4.21. The minimum absolute atomic E-state index is 0.0806. The van der Waals surface area contributed by atoms with Gasteiger partial charge in [-0.25, -0.2) is 0 Å². The van der Waals surface area contributed by atoms with Crippen molar-refractivity contribution in [3.63, 3.8) is 0 Å². The van der Waals surface area contributed by atoms with Gasteiger partial charge in [0.25, 0.3) is 0 Å². The third-order valence-corrected chi connectivity index (χ3v) is 3.75. The summed E-state index contributed by atoms with van der Waals surface area (Å²) in [5.41, 5.74) is 2.60. The van der Waals surface area contributed by atoms with Crippen molar-refractivity contribution < 1.29 is 15.0 Å². The molecule has 0 aliphatic heterocycles. The van der Waals surface area contributed by atoms with Crippen molar-refractivity contribution in [3.8, 4) is 0 Å². The highest BCUT2D eigenvalue weighted by molar-refractivity contribution is 5.89. The fourth-order valence-electron chi connectivity index (χ4n) is 2.65. The lowest BCUT2D eigenvalue weighted by Crippen LogP contribution is -2.20. The van der Waals surface area contributed by atoms with Crippen LogP contribution in [0.5, 0.6) is 0 Å². The number of carbonyl (C=O) groups is 1. The topological polar surface area (TPSA) is 57.5 Å². The third-order valence-electron chi connectivity index (χ3n) is 3.75. The third kappa shape index (κ3) is 1.74. The van der Waals surface area contributed by atoms with Gasteiger partial charge in [-0.2, -0.15) is 0 Å². The first-order valence-electron chi connectivity index (χ1n) is 6.19. The van der Waals surface area contributed by atoms with Crippen molar-refractivity contribution in [3.05, 3.63) is 52.8 Å². The number of hydrogen-bond acceptors (Lipinski definition) is 3. The Labute approximate surface area is 110 Å². The molecule has 2 atom stereocenters. The molecule has 0 spiro atoms. The lowest BCUT2D eigenvalue weighted by molar-refractivity contribution is -0.114. The normalized spacial score (nSPS) is 21.9. The van der Waals surface area contributed by atoms with Gasteiger partial charge in [0.15, 0.2) is 0 Å². The summed E-state index contributed by atoms with van der Waals surface area (Å²) in [4.78, 5) is 10.9. The van der Waals surface area contributed by atoms with E-state index in [0.29, 0.717) is 11.8 Å². The summed E-state index contributed by atoms with van der Waals surface area (Å²) in [5.74, 6) is -0.947. The van der Waals surface area contributed by atoms with Crippen molar-refractivity contribution in [1.29, 1.82) is 0 Å². The number of hydrogen-bond donors (Lipinski definition) is 2. The molecule has 1 aliphatic carbocycles. The lowest BCUT2D eigenvalue weighted by atomic mass is 9.84. The van der Waals surface area contributed by atoms with Crippen molar-refractivity contribution in [2.75, 3.05) is 0 Å². The second-order valence-electron chi connectivity index (χ2n) is 4.95. The van der Waals surface area contributed by atoms with Crippen LogP contribution in [-0.4, -0.2) is 16.5 Å². The molecule has 2 unspecified atom stereocenters. The fourth-order valence-corrected chi connectivity index (χ4v) is 2.65. The molecule has 0 amide bonds. The molecular formula is C16H14O3. The Bertz CT molecular complexity index is 700. The van der Waals surface area contributed by atoms with Crippen molar-refractivity contribution in [1.82, 2.24) is 0 Å². The largest absolute Gasteiger partial charge is 0.511 e. The summed E-state index contributed by atoms with van der Waals surface area (Å²) in [7, 11) is 0. The van der Waals surface area contributed by atoms with Gasteiger partial charge in [0.2, 0.25) is 0 Å². The summed E-state index contributed by atoms with van der Waals surface area (Å²) < 4.78 is 0. The number of aliphatic hydroxyl groups excluding tert-OH is 2. The number of aliphatic hydroxyl groups is 2. The Morgan fingerprint density at radius 3 is 2.79 bits per heavy atom. The zero-order valence-electron chi connectivity index (χ0n) is 10.5. The van der Waals surface area contributed by atoms with Crippen LogP contribution in [0.4, 0.5) is 0 Å². The van der Waals surface area contributed by atoms with Crippen LogP contribution in [0.15, 0.2) is 36.1 Å². The van der Waals surface area contributed by atoms with Crippen LogP contribution >= 0.6 is 0 Å². The van der Waals surface area contributed by atoms with Crippen LogP contribution in [0.1, 0.15) is 22.8 Å². The molecule has 1 aliphatic rings. The predicted octanol–water partition coefficient (Wildman–Crippen LogP) is 2.91. The summed E-state index contributed by atoms with van der Waals surface area (Å²) in [5, 5.41) is 22.1. The van der Waals surface area contributed by atoms with Crippen molar-refractivity contribution in [2.45, 2.75) is 13.0 Å². The molecule has 3 rings (SSSR count). The van der Waals surface area contributed by atoms with E-state index in [1.54, 1.807) is 6.08 Å². The maximum atomic E-state index is 10.9. The van der Waals surface area contributed by atoms with E-state index in [1.807, 2.05) is 37.3 Å². The Balaban J connectivity index is 2.30. The van der Waals surface area contributed by atoms with Gasteiger partial charge in [0.05, 0.1) is 6.10 Å². The van der Waals surface area contributed by atoms with E-state index in [9.17, 15) is 15.0 Å². The highest BCUT2D eigenvalue weighted by Gasteiger charge is 2.30. The fraction of sp³-hybridized carbons (Fsp3) is 0.188. The molecule has 2 aromatic carbocycles. The minimum atomic E-state index is -0.984. The monoisotopic (exact) mass is 254 g/mol. The summed E-state index contributed by atoms with van der Waals surface area (Å²) in [6.07, 6.45) is 1.16. The van der Waals surface area contributed by atoms with Gasteiger partial charge >= 0.3 is 0 Å². The number of rotatable bonds is 1. The highest BCUT2D eigenvalue weighted by atomic mass is 16.3. The van der Waals surface area contributed by atoms with Crippen LogP contribution in [-0.2, 0) is 4.79 Å². The molecule has 2 N–H and O–H groups in total. The average molecular weight is 254 g/mol. The van der Waals surface area contributed by atoms with E-state index in [-0.39, 0.29) is 5.76 Å².